The molecule has 1 N–H and O–H groups in total. The Hall–Kier alpha value is -2.53. The van der Waals surface area contributed by atoms with Crippen molar-refractivity contribution >= 4 is 35.0 Å². The highest BCUT2D eigenvalue weighted by atomic mass is 35.5. The second-order valence-corrected chi connectivity index (χ2v) is 5.60. The van der Waals surface area contributed by atoms with Gasteiger partial charge < -0.3 is 10.1 Å². The third-order valence-electron chi connectivity index (χ3n) is 3.48. The number of ether oxygens (including phenoxy) is 1. The Morgan fingerprint density at radius 2 is 2.00 bits per heavy atom. The largest absolute Gasteiger partial charge is 0.447 e. The lowest BCUT2D eigenvalue weighted by Crippen LogP contribution is -2.23. The normalized spacial score (nSPS) is 13.8. The minimum Gasteiger partial charge on any atom is -0.447 e. The number of hydrogen-bond donors (Lipinski definition) is 1. The van der Waals surface area contributed by atoms with Gasteiger partial charge in [-0.2, -0.15) is 0 Å². The van der Waals surface area contributed by atoms with Crippen LogP contribution < -0.4 is 10.2 Å². The molecule has 2 aromatic rings. The van der Waals surface area contributed by atoms with Crippen molar-refractivity contribution in [2.75, 3.05) is 23.4 Å². The zero-order valence-corrected chi connectivity index (χ0v) is 13.0. The number of carbonyl (C=O) groups excluding carboxylic acids is 2. The van der Waals surface area contributed by atoms with Crippen LogP contribution in [0.4, 0.5) is 16.2 Å². The predicted molar refractivity (Wildman–Crippen MR) is 88.9 cm³/mol. The molecule has 0 spiro atoms. The molecule has 1 heterocycles. The van der Waals surface area contributed by atoms with E-state index in [9.17, 15) is 9.59 Å². The van der Waals surface area contributed by atoms with E-state index in [0.717, 1.165) is 5.56 Å². The molecule has 118 valence electrons. The molecule has 0 atom stereocenters. The molecule has 1 fully saturated rings. The lowest BCUT2D eigenvalue weighted by molar-refractivity contribution is -0.115. The number of benzene rings is 2. The first-order valence-electron chi connectivity index (χ1n) is 7.20. The SMILES string of the molecule is O=C(Cc1ccc(Cl)cc1)Nc1cccc(N2CCOC2=O)c1. The van der Waals surface area contributed by atoms with E-state index in [1.165, 1.54) is 4.90 Å². The summed E-state index contributed by atoms with van der Waals surface area (Å²) >= 11 is 5.83. The van der Waals surface area contributed by atoms with Crippen LogP contribution in [0, 0.1) is 0 Å². The lowest BCUT2D eigenvalue weighted by Gasteiger charge is -2.14. The van der Waals surface area contributed by atoms with Crippen molar-refractivity contribution in [1.82, 2.24) is 0 Å². The summed E-state index contributed by atoms with van der Waals surface area (Å²) in [5, 5.41) is 3.47. The quantitative estimate of drug-likeness (QED) is 0.933. The maximum Gasteiger partial charge on any atom is 0.414 e. The zero-order valence-electron chi connectivity index (χ0n) is 12.3. The van der Waals surface area contributed by atoms with Crippen LogP contribution in [0.25, 0.3) is 0 Å². The zero-order chi connectivity index (χ0) is 16.2. The molecule has 0 bridgehead atoms. The topological polar surface area (TPSA) is 58.6 Å². The Balaban J connectivity index is 1.66. The van der Waals surface area contributed by atoms with Gasteiger partial charge in [0.05, 0.1) is 13.0 Å². The number of amides is 2. The van der Waals surface area contributed by atoms with Crippen LogP contribution >= 0.6 is 11.6 Å². The standard InChI is InChI=1S/C17H15ClN2O3/c18-13-6-4-12(5-7-13)10-16(21)19-14-2-1-3-15(11-14)20-8-9-23-17(20)22/h1-7,11H,8-10H2,(H,19,21). The van der Waals surface area contributed by atoms with Crippen molar-refractivity contribution in [2.45, 2.75) is 6.42 Å². The van der Waals surface area contributed by atoms with Gasteiger partial charge in [0.25, 0.3) is 0 Å². The van der Waals surface area contributed by atoms with Crippen LogP contribution in [-0.4, -0.2) is 25.2 Å². The van der Waals surface area contributed by atoms with Gasteiger partial charge in [-0.15, -0.1) is 0 Å². The van der Waals surface area contributed by atoms with Crippen LogP contribution in [0.5, 0.6) is 0 Å². The molecule has 0 unspecified atom stereocenters. The van der Waals surface area contributed by atoms with Crippen molar-refractivity contribution in [3.05, 3.63) is 59.1 Å². The summed E-state index contributed by atoms with van der Waals surface area (Å²) in [6.07, 6.45) is -0.109. The van der Waals surface area contributed by atoms with Gasteiger partial charge in [-0.25, -0.2) is 4.79 Å². The van der Waals surface area contributed by atoms with Crippen molar-refractivity contribution in [1.29, 1.82) is 0 Å². The second kappa shape index (κ2) is 6.71. The van der Waals surface area contributed by atoms with Gasteiger partial charge >= 0.3 is 6.09 Å². The number of nitrogens with one attached hydrogen (secondary N) is 1. The molecule has 0 aromatic heterocycles. The number of rotatable bonds is 4. The van der Waals surface area contributed by atoms with Gasteiger partial charge in [0.1, 0.15) is 6.61 Å². The van der Waals surface area contributed by atoms with Crippen molar-refractivity contribution in [3.63, 3.8) is 0 Å². The van der Waals surface area contributed by atoms with Crippen LogP contribution in [0.3, 0.4) is 0 Å². The fourth-order valence-corrected chi connectivity index (χ4v) is 2.50. The van der Waals surface area contributed by atoms with Gasteiger partial charge in [0.15, 0.2) is 0 Å². The molecule has 0 radical (unpaired) electrons. The maximum atomic E-state index is 12.1. The van der Waals surface area contributed by atoms with Crippen molar-refractivity contribution < 1.29 is 14.3 Å². The third kappa shape index (κ3) is 3.81. The van der Waals surface area contributed by atoms with Gasteiger partial charge in [-0.3, -0.25) is 9.69 Å². The highest BCUT2D eigenvalue weighted by molar-refractivity contribution is 6.30. The smallest absolute Gasteiger partial charge is 0.414 e. The average molecular weight is 331 g/mol. The average Bonchev–Trinajstić information content (AvgIpc) is 2.96. The Bertz CT molecular complexity index is 731. The van der Waals surface area contributed by atoms with E-state index < -0.39 is 0 Å². The summed E-state index contributed by atoms with van der Waals surface area (Å²) in [6.45, 7) is 0.896. The molecular formula is C17H15ClN2O3. The van der Waals surface area contributed by atoms with Crippen LogP contribution in [-0.2, 0) is 16.0 Å². The van der Waals surface area contributed by atoms with E-state index >= 15 is 0 Å². The molecule has 0 aliphatic carbocycles. The van der Waals surface area contributed by atoms with Gasteiger partial charge in [-0.05, 0) is 35.9 Å². The molecule has 0 saturated carbocycles. The highest BCUT2D eigenvalue weighted by Gasteiger charge is 2.23. The Morgan fingerprint density at radius 3 is 2.70 bits per heavy atom. The van der Waals surface area contributed by atoms with Gasteiger partial charge in [0.2, 0.25) is 5.91 Å². The van der Waals surface area contributed by atoms with Crippen molar-refractivity contribution in [3.8, 4) is 0 Å². The molecule has 1 saturated heterocycles. The summed E-state index contributed by atoms with van der Waals surface area (Å²) in [5.74, 6) is -0.131. The Morgan fingerprint density at radius 1 is 1.22 bits per heavy atom. The molecule has 1 aliphatic heterocycles. The molecule has 2 aromatic carbocycles. The molecule has 2 amide bonds. The van der Waals surface area contributed by atoms with E-state index in [-0.39, 0.29) is 18.4 Å². The summed E-state index contributed by atoms with van der Waals surface area (Å²) in [5.41, 5.74) is 2.23. The summed E-state index contributed by atoms with van der Waals surface area (Å²) in [4.78, 5) is 25.2. The molecule has 23 heavy (non-hydrogen) atoms. The number of nitrogens with zero attached hydrogens (tertiary/aromatic N) is 1. The number of anilines is 2. The summed E-state index contributed by atoms with van der Waals surface area (Å²) in [7, 11) is 0. The number of hydrogen-bond acceptors (Lipinski definition) is 3. The van der Waals surface area contributed by atoms with E-state index in [2.05, 4.69) is 5.32 Å². The summed E-state index contributed by atoms with van der Waals surface area (Å²) in [6, 6.07) is 14.3. The highest BCUT2D eigenvalue weighted by Crippen LogP contribution is 2.22. The number of halogens is 1. The first-order valence-corrected chi connectivity index (χ1v) is 7.58. The molecule has 6 heteroatoms. The van der Waals surface area contributed by atoms with E-state index in [1.807, 2.05) is 12.1 Å². The molecule has 5 nitrogen and oxygen atoms in total. The van der Waals surface area contributed by atoms with Crippen LogP contribution in [0.1, 0.15) is 5.56 Å². The van der Waals surface area contributed by atoms with E-state index in [4.69, 9.17) is 16.3 Å². The second-order valence-electron chi connectivity index (χ2n) is 5.17. The van der Waals surface area contributed by atoms with Gasteiger partial charge in [0, 0.05) is 16.4 Å². The van der Waals surface area contributed by atoms with E-state index in [0.29, 0.717) is 29.5 Å². The minimum atomic E-state index is -0.366. The maximum absolute atomic E-state index is 12.1. The lowest BCUT2D eigenvalue weighted by atomic mass is 10.1. The van der Waals surface area contributed by atoms with Crippen LogP contribution in [0.15, 0.2) is 48.5 Å². The third-order valence-corrected chi connectivity index (χ3v) is 3.73. The summed E-state index contributed by atoms with van der Waals surface area (Å²) < 4.78 is 4.92. The number of carbonyl (C=O) groups is 2. The molecular weight excluding hydrogens is 316 g/mol. The monoisotopic (exact) mass is 330 g/mol. The Labute approximate surface area is 138 Å². The fourth-order valence-electron chi connectivity index (χ4n) is 2.37. The predicted octanol–water partition coefficient (Wildman–Crippen LogP) is 3.48. The molecule has 3 rings (SSSR count). The van der Waals surface area contributed by atoms with Crippen LogP contribution in [0.2, 0.25) is 5.02 Å². The van der Waals surface area contributed by atoms with E-state index in [1.54, 1.807) is 36.4 Å². The first kappa shape index (κ1) is 15.4. The molecule has 1 aliphatic rings. The van der Waals surface area contributed by atoms with Crippen molar-refractivity contribution in [2.24, 2.45) is 0 Å². The van der Waals surface area contributed by atoms with Gasteiger partial charge in [-0.1, -0.05) is 29.8 Å². The fraction of sp³-hybridized carbons (Fsp3) is 0.176. The first-order chi connectivity index (χ1) is 11.1. The minimum absolute atomic E-state index is 0.131. The number of cyclic esters (lactones) is 1. The Kier molecular flexibility index (Phi) is 4.48.